The normalized spacial score (nSPS) is 19.0. The third-order valence-corrected chi connectivity index (χ3v) is 20.6. The van der Waals surface area contributed by atoms with E-state index in [0.29, 0.717) is 117 Å². The largest absolute Gasteiger partial charge is 0.481 e. The van der Waals surface area contributed by atoms with Gasteiger partial charge in [0.2, 0.25) is 0 Å². The maximum Gasteiger partial charge on any atom is 0.308 e. The molecule has 95 heavy (non-hydrogen) atoms. The fourth-order valence-corrected chi connectivity index (χ4v) is 14.9. The number of benzene rings is 2. The number of esters is 1. The van der Waals surface area contributed by atoms with Crippen molar-refractivity contribution in [1.82, 2.24) is 38.9 Å². The van der Waals surface area contributed by atoms with Gasteiger partial charge in [-0.3, -0.25) is 48.9 Å². The summed E-state index contributed by atoms with van der Waals surface area (Å²) in [6.07, 6.45) is 22.1. The van der Waals surface area contributed by atoms with E-state index in [1.165, 1.54) is 19.2 Å². The third kappa shape index (κ3) is 14.9. The van der Waals surface area contributed by atoms with Crippen molar-refractivity contribution in [2.45, 2.75) is 155 Å². The lowest BCUT2D eigenvalue weighted by Crippen LogP contribution is -2.48. The number of aryl methyl sites for hydroxylation is 4. The van der Waals surface area contributed by atoms with Crippen LogP contribution in [0, 0.1) is 51.2 Å². The molecule has 6 fully saturated rings. The van der Waals surface area contributed by atoms with Crippen LogP contribution in [-0.4, -0.2) is 127 Å². The van der Waals surface area contributed by atoms with Gasteiger partial charge in [0, 0.05) is 172 Å². The number of carbonyl (C=O) groups excluding carboxylic acids is 1. The number of methoxy groups -OCH3 is 1. The summed E-state index contributed by atoms with van der Waals surface area (Å²) >= 11 is 0. The van der Waals surface area contributed by atoms with Crippen molar-refractivity contribution in [3.8, 4) is 0 Å². The summed E-state index contributed by atoms with van der Waals surface area (Å²) in [5.41, 5.74) is 12.1. The molecule has 1 N–H and O–H groups in total. The molecular formula is C75H88F2N12O6. The van der Waals surface area contributed by atoms with Crippen molar-refractivity contribution in [3.63, 3.8) is 0 Å². The number of rotatable bonds is 18. The molecule has 6 aromatic heterocycles. The monoisotopic (exact) mass is 1290 g/mol. The summed E-state index contributed by atoms with van der Waals surface area (Å²) < 4.78 is 41.0. The van der Waals surface area contributed by atoms with Gasteiger partial charge in [0.25, 0.3) is 0 Å². The Bertz CT molecular complexity index is 4220. The predicted octanol–water partition coefficient (Wildman–Crippen LogP) is 11.8. The molecule has 4 saturated heterocycles. The molecule has 2 aliphatic carbocycles. The summed E-state index contributed by atoms with van der Waals surface area (Å²) in [4.78, 5) is 83.5. The standard InChI is InChI=1S/C38H45FN6O3.C37H43FN6O3/c1-25-6-7-31(20-41-25)43-14-4-5-32(24-43)44(21-27-10-13-40-26(2)17-27)22-29-23-45(30-8-9-30)35-19-36(34(39)18-33(35)37(29)46)42-15-11-28(12-16-42)38(47)48-3;1-24-5-6-30(19-40-24)42-13-3-4-31(23-42)43(20-26-9-12-39-25(2)16-26)21-28-22-44(29-7-8-29)34-18-35(33(38)17-32(34)36(28)45)41-14-10-27(11-15-41)37(46)47/h6-7,10,13,17-20,23,28,30,32H,4-5,8-9,11-12,14-16,21-22,24H2,1-3H3;5-6,9,12,16-19,22,27,29,31H,3-4,7-8,10-11,13-15,20-21,23H2,1-2H3,(H,46,47)/t32-;31-/m00/s1. The molecule has 0 spiro atoms. The van der Waals surface area contributed by atoms with E-state index in [4.69, 9.17) is 4.74 Å². The van der Waals surface area contributed by atoms with Gasteiger partial charge < -0.3 is 38.6 Å². The van der Waals surface area contributed by atoms with Crippen molar-refractivity contribution in [1.29, 1.82) is 0 Å². The number of hydrogen-bond acceptors (Lipinski definition) is 15. The average Bonchev–Trinajstić information content (AvgIpc) is 1.75. The van der Waals surface area contributed by atoms with Gasteiger partial charge in [0.1, 0.15) is 11.6 Å². The number of ether oxygens (including phenoxy) is 1. The Balaban J connectivity index is 0.000000172. The summed E-state index contributed by atoms with van der Waals surface area (Å²) in [5.74, 6) is -2.38. The third-order valence-electron chi connectivity index (χ3n) is 20.6. The summed E-state index contributed by atoms with van der Waals surface area (Å²) in [5, 5.41) is 10.3. The summed E-state index contributed by atoms with van der Waals surface area (Å²) in [6, 6.07) is 24.3. The van der Waals surface area contributed by atoms with E-state index in [2.05, 4.69) is 91.1 Å². The van der Waals surface area contributed by atoms with Gasteiger partial charge in [0.05, 0.1) is 65.1 Å². The number of fused-ring (bicyclic) bond motifs is 2. The molecule has 4 aliphatic heterocycles. The number of hydrogen-bond donors (Lipinski definition) is 1. The first-order valence-electron chi connectivity index (χ1n) is 34.2. The van der Waals surface area contributed by atoms with E-state index in [1.54, 1.807) is 0 Å². The Kier molecular flexibility index (Phi) is 19.4. The minimum atomic E-state index is -0.792. The SMILES string of the molecule is COC(=O)C1CCN(c2cc3c(cc2F)c(=O)c(CN(Cc2ccnc(C)c2)[C@H]2CCCN(c4ccc(C)nc4)C2)cn3C2CC2)CC1.Cc1ccc(N2CCC[C@H](N(Cc3ccnc(C)c3)Cc3cn(C4CC4)c4cc(N5CCC(C(=O)O)CC5)c(F)cc4c3=O)C2)cn1. The topological polar surface area (TPSA) is 179 Å². The second kappa shape index (κ2) is 28.4. The van der Waals surface area contributed by atoms with Gasteiger partial charge in [-0.15, -0.1) is 0 Å². The highest BCUT2D eigenvalue weighted by Gasteiger charge is 2.35. The van der Waals surface area contributed by atoms with Crippen LogP contribution in [0.3, 0.4) is 0 Å². The molecule has 0 amide bonds. The fourth-order valence-electron chi connectivity index (χ4n) is 14.9. The molecule has 14 rings (SSSR count). The van der Waals surface area contributed by atoms with Gasteiger partial charge in [-0.2, -0.15) is 0 Å². The summed E-state index contributed by atoms with van der Waals surface area (Å²) in [6.45, 7) is 16.0. The molecule has 18 nitrogen and oxygen atoms in total. The maximum atomic E-state index is 15.9. The van der Waals surface area contributed by atoms with Crippen LogP contribution in [-0.2, 0) is 40.5 Å². The number of piperidine rings is 4. The quantitative estimate of drug-likeness (QED) is 0.0801. The van der Waals surface area contributed by atoms with Gasteiger partial charge in [-0.1, -0.05) is 0 Å². The first-order chi connectivity index (χ1) is 46.0. The Labute approximate surface area is 554 Å². The first-order valence-corrected chi connectivity index (χ1v) is 34.2. The number of nitrogens with zero attached hydrogens (tertiary/aromatic N) is 12. The lowest BCUT2D eigenvalue weighted by atomic mass is 9.96. The number of halogens is 2. The van der Waals surface area contributed by atoms with E-state index in [9.17, 15) is 24.3 Å². The molecule has 0 bridgehead atoms. The van der Waals surface area contributed by atoms with Crippen LogP contribution in [0.25, 0.3) is 21.8 Å². The average molecular weight is 1290 g/mol. The first kappa shape index (κ1) is 65.1. The molecule has 498 valence electrons. The second-order valence-electron chi connectivity index (χ2n) is 27.5. The van der Waals surface area contributed by atoms with Gasteiger partial charge in [-0.05, 0) is 189 Å². The molecule has 0 radical (unpaired) electrons. The van der Waals surface area contributed by atoms with Crippen molar-refractivity contribution >= 4 is 56.5 Å². The second-order valence-corrected chi connectivity index (χ2v) is 27.5. The molecule has 2 saturated carbocycles. The zero-order chi connectivity index (χ0) is 66.0. The van der Waals surface area contributed by atoms with E-state index in [1.807, 2.05) is 92.9 Å². The van der Waals surface area contributed by atoms with Crippen LogP contribution in [0.5, 0.6) is 0 Å². The predicted molar refractivity (Wildman–Crippen MR) is 367 cm³/mol. The number of carboxylic acids is 1. The lowest BCUT2D eigenvalue weighted by Gasteiger charge is -2.40. The number of carbonyl (C=O) groups is 2. The smallest absolute Gasteiger partial charge is 0.308 e. The Morgan fingerprint density at radius 1 is 0.516 bits per heavy atom. The Hall–Kier alpha value is -8.62. The number of carboxylic acid groups (broad SMARTS) is 1. The minimum Gasteiger partial charge on any atom is -0.481 e. The van der Waals surface area contributed by atoms with Crippen LogP contribution < -0.4 is 30.5 Å². The highest BCUT2D eigenvalue weighted by Crippen LogP contribution is 2.41. The van der Waals surface area contributed by atoms with E-state index < -0.39 is 23.5 Å². The molecular weight excluding hydrogens is 1200 g/mol. The van der Waals surface area contributed by atoms with Crippen molar-refractivity contribution < 1.29 is 28.2 Å². The molecule has 6 aliphatic rings. The van der Waals surface area contributed by atoms with Crippen molar-refractivity contribution in [2.24, 2.45) is 11.8 Å². The van der Waals surface area contributed by atoms with Gasteiger partial charge in [-0.25, -0.2) is 8.78 Å². The molecule has 2 atom stereocenters. The number of pyridine rings is 6. The van der Waals surface area contributed by atoms with Crippen LogP contribution in [0.15, 0.2) is 120 Å². The highest BCUT2D eigenvalue weighted by molar-refractivity contribution is 5.85. The van der Waals surface area contributed by atoms with Gasteiger partial charge in [0.15, 0.2) is 10.9 Å². The lowest BCUT2D eigenvalue weighted by molar-refractivity contribution is -0.146. The van der Waals surface area contributed by atoms with Crippen molar-refractivity contribution in [3.05, 3.63) is 187 Å². The van der Waals surface area contributed by atoms with Crippen LogP contribution in [0.2, 0.25) is 0 Å². The molecule has 20 heteroatoms. The molecule has 10 heterocycles. The molecule has 0 unspecified atom stereocenters. The zero-order valence-corrected chi connectivity index (χ0v) is 55.4. The van der Waals surface area contributed by atoms with Crippen LogP contribution in [0.4, 0.5) is 31.5 Å². The molecule has 8 aromatic rings. The highest BCUT2D eigenvalue weighted by atomic mass is 19.1. The Morgan fingerprint density at radius 3 is 1.33 bits per heavy atom. The number of anilines is 4. The van der Waals surface area contributed by atoms with E-state index in [-0.39, 0.29) is 40.9 Å². The minimum absolute atomic E-state index is 0.108. The Morgan fingerprint density at radius 2 is 0.947 bits per heavy atom. The van der Waals surface area contributed by atoms with Gasteiger partial charge >= 0.3 is 11.9 Å². The maximum absolute atomic E-state index is 15.9. The number of aliphatic carboxylic acids is 1. The van der Waals surface area contributed by atoms with E-state index >= 15 is 8.78 Å². The summed E-state index contributed by atoms with van der Waals surface area (Å²) in [7, 11) is 1.41. The van der Waals surface area contributed by atoms with Crippen LogP contribution >= 0.6 is 0 Å². The fraction of sp³-hybridized carbons (Fsp3) is 0.467. The van der Waals surface area contributed by atoms with Crippen molar-refractivity contribution in [2.75, 3.05) is 79.1 Å². The zero-order valence-electron chi connectivity index (χ0n) is 55.4. The van der Waals surface area contributed by atoms with E-state index in [0.717, 1.165) is 134 Å². The van der Waals surface area contributed by atoms with Crippen LogP contribution in [0.1, 0.15) is 134 Å². The number of aromatic nitrogens is 6. The molecule has 2 aromatic carbocycles.